The maximum Gasteiger partial charge on any atom is 0.289 e. The highest BCUT2D eigenvalue weighted by molar-refractivity contribution is 5.91. The number of nitrogens with zero attached hydrogens (tertiary/aromatic N) is 2. The van der Waals surface area contributed by atoms with Crippen molar-refractivity contribution < 1.29 is 14.0 Å². The van der Waals surface area contributed by atoms with Crippen LogP contribution in [0.1, 0.15) is 29.1 Å². The second-order valence-corrected chi connectivity index (χ2v) is 7.40. The van der Waals surface area contributed by atoms with Crippen molar-refractivity contribution in [2.75, 3.05) is 32.7 Å². The van der Waals surface area contributed by atoms with Gasteiger partial charge in [0.2, 0.25) is 5.91 Å². The minimum absolute atomic E-state index is 0.00348. The van der Waals surface area contributed by atoms with Crippen LogP contribution in [0.5, 0.6) is 0 Å². The van der Waals surface area contributed by atoms with Crippen LogP contribution in [0.25, 0.3) is 10.8 Å². The molecule has 6 nitrogen and oxygen atoms in total. The SMILES string of the molecule is C[C@H](NC(=O)CN1CCN(C(=O)c2ccco2)CC1)c1cccc2ccccc12. The summed E-state index contributed by atoms with van der Waals surface area (Å²) in [4.78, 5) is 28.8. The molecule has 6 heteroatoms. The molecule has 0 spiro atoms. The van der Waals surface area contributed by atoms with Gasteiger partial charge in [-0.05, 0) is 35.4 Å². The fraction of sp³-hybridized carbons (Fsp3) is 0.304. The molecule has 2 heterocycles. The molecule has 1 saturated heterocycles. The van der Waals surface area contributed by atoms with Gasteiger partial charge in [0.05, 0.1) is 18.8 Å². The third-order valence-corrected chi connectivity index (χ3v) is 5.43. The van der Waals surface area contributed by atoms with E-state index in [1.807, 2.05) is 25.1 Å². The third-order valence-electron chi connectivity index (χ3n) is 5.43. The molecule has 1 aliphatic heterocycles. The van der Waals surface area contributed by atoms with E-state index in [1.54, 1.807) is 17.0 Å². The summed E-state index contributed by atoms with van der Waals surface area (Å²) in [6.07, 6.45) is 1.50. The van der Waals surface area contributed by atoms with Crippen molar-refractivity contribution in [1.29, 1.82) is 0 Å². The molecular formula is C23H25N3O3. The Morgan fingerprint density at radius 3 is 2.52 bits per heavy atom. The van der Waals surface area contributed by atoms with Gasteiger partial charge in [0.15, 0.2) is 5.76 Å². The van der Waals surface area contributed by atoms with E-state index in [1.165, 1.54) is 11.6 Å². The topological polar surface area (TPSA) is 65.8 Å². The first-order valence-corrected chi connectivity index (χ1v) is 9.94. The second-order valence-electron chi connectivity index (χ2n) is 7.40. The van der Waals surface area contributed by atoms with Crippen LogP contribution in [0.4, 0.5) is 0 Å². The number of carbonyl (C=O) groups excluding carboxylic acids is 2. The van der Waals surface area contributed by atoms with Crippen LogP contribution in [0, 0.1) is 0 Å². The van der Waals surface area contributed by atoms with E-state index in [0.717, 1.165) is 10.9 Å². The monoisotopic (exact) mass is 391 g/mol. The summed E-state index contributed by atoms with van der Waals surface area (Å²) in [6, 6.07) is 17.7. The van der Waals surface area contributed by atoms with E-state index in [0.29, 0.717) is 38.5 Å². The number of carbonyl (C=O) groups is 2. The largest absolute Gasteiger partial charge is 0.459 e. The molecule has 4 rings (SSSR count). The Balaban J connectivity index is 1.30. The number of amides is 2. The first kappa shape index (κ1) is 19.2. The first-order chi connectivity index (χ1) is 14.1. The summed E-state index contributed by atoms with van der Waals surface area (Å²) in [7, 11) is 0. The molecule has 1 N–H and O–H groups in total. The lowest BCUT2D eigenvalue weighted by Crippen LogP contribution is -2.51. The first-order valence-electron chi connectivity index (χ1n) is 9.94. The Morgan fingerprint density at radius 1 is 1.00 bits per heavy atom. The Labute approximate surface area is 170 Å². The molecule has 1 fully saturated rings. The van der Waals surface area contributed by atoms with Gasteiger partial charge in [-0.25, -0.2) is 0 Å². The number of nitrogens with one attached hydrogen (secondary N) is 1. The predicted octanol–water partition coefficient (Wildman–Crippen LogP) is 3.07. The van der Waals surface area contributed by atoms with E-state index < -0.39 is 0 Å². The van der Waals surface area contributed by atoms with Gasteiger partial charge in [-0.15, -0.1) is 0 Å². The zero-order chi connectivity index (χ0) is 20.2. The zero-order valence-electron chi connectivity index (χ0n) is 16.5. The van der Waals surface area contributed by atoms with Crippen LogP contribution in [-0.2, 0) is 4.79 Å². The molecular weight excluding hydrogens is 366 g/mol. The lowest BCUT2D eigenvalue weighted by atomic mass is 10.00. The van der Waals surface area contributed by atoms with E-state index >= 15 is 0 Å². The van der Waals surface area contributed by atoms with Crippen LogP contribution < -0.4 is 5.32 Å². The fourth-order valence-electron chi connectivity index (χ4n) is 3.86. The minimum atomic E-state index is -0.0938. The van der Waals surface area contributed by atoms with Gasteiger partial charge >= 0.3 is 0 Å². The van der Waals surface area contributed by atoms with Gasteiger partial charge in [0, 0.05) is 26.2 Å². The molecule has 1 aromatic heterocycles. The zero-order valence-corrected chi connectivity index (χ0v) is 16.5. The molecule has 1 aliphatic rings. The molecule has 2 amide bonds. The molecule has 29 heavy (non-hydrogen) atoms. The smallest absolute Gasteiger partial charge is 0.289 e. The Morgan fingerprint density at radius 2 is 1.76 bits per heavy atom. The van der Waals surface area contributed by atoms with E-state index in [-0.39, 0.29) is 17.9 Å². The lowest BCUT2D eigenvalue weighted by molar-refractivity contribution is -0.123. The van der Waals surface area contributed by atoms with Gasteiger partial charge in [-0.2, -0.15) is 0 Å². The normalized spacial score (nSPS) is 16.0. The van der Waals surface area contributed by atoms with Gasteiger partial charge in [-0.1, -0.05) is 42.5 Å². The fourth-order valence-corrected chi connectivity index (χ4v) is 3.86. The molecule has 0 aliphatic carbocycles. The predicted molar refractivity (Wildman–Crippen MR) is 112 cm³/mol. The molecule has 0 saturated carbocycles. The van der Waals surface area contributed by atoms with Crippen LogP contribution in [-0.4, -0.2) is 54.3 Å². The highest BCUT2D eigenvalue weighted by Gasteiger charge is 2.25. The van der Waals surface area contributed by atoms with Gasteiger partial charge in [0.1, 0.15) is 0 Å². The number of piperazine rings is 1. The highest BCUT2D eigenvalue weighted by Crippen LogP contribution is 2.24. The number of benzene rings is 2. The molecule has 2 aromatic carbocycles. The maximum absolute atomic E-state index is 12.6. The van der Waals surface area contributed by atoms with Crippen molar-refractivity contribution in [2.45, 2.75) is 13.0 Å². The Kier molecular flexibility index (Phi) is 5.62. The van der Waals surface area contributed by atoms with Gasteiger partial charge < -0.3 is 14.6 Å². The van der Waals surface area contributed by atoms with Crippen molar-refractivity contribution in [3.05, 3.63) is 72.2 Å². The van der Waals surface area contributed by atoms with Gasteiger partial charge in [0.25, 0.3) is 5.91 Å². The van der Waals surface area contributed by atoms with E-state index in [2.05, 4.69) is 34.5 Å². The summed E-state index contributed by atoms with van der Waals surface area (Å²) in [5, 5.41) is 5.45. The van der Waals surface area contributed by atoms with Crippen molar-refractivity contribution in [2.24, 2.45) is 0 Å². The molecule has 0 bridgehead atoms. The second kappa shape index (κ2) is 8.49. The van der Waals surface area contributed by atoms with Crippen molar-refractivity contribution in [1.82, 2.24) is 15.1 Å². The molecule has 1 atom stereocenters. The quantitative estimate of drug-likeness (QED) is 0.726. The van der Waals surface area contributed by atoms with Crippen LogP contribution >= 0.6 is 0 Å². The standard InChI is InChI=1S/C23H25N3O3/c1-17(19-9-4-7-18-6-2-3-8-20(18)19)24-22(27)16-25-11-13-26(14-12-25)23(28)21-10-5-15-29-21/h2-10,15,17H,11-14,16H2,1H3,(H,24,27)/t17-/m0/s1. The van der Waals surface area contributed by atoms with Crippen LogP contribution in [0.15, 0.2) is 65.3 Å². The number of rotatable bonds is 5. The molecule has 0 unspecified atom stereocenters. The summed E-state index contributed by atoms with van der Waals surface area (Å²) in [6.45, 7) is 4.86. The van der Waals surface area contributed by atoms with Crippen molar-refractivity contribution in [3.8, 4) is 0 Å². The molecule has 150 valence electrons. The van der Waals surface area contributed by atoms with Crippen molar-refractivity contribution in [3.63, 3.8) is 0 Å². The maximum atomic E-state index is 12.6. The number of hydrogen-bond acceptors (Lipinski definition) is 4. The Bertz CT molecular complexity index is 986. The van der Waals surface area contributed by atoms with E-state index in [9.17, 15) is 9.59 Å². The van der Waals surface area contributed by atoms with Gasteiger partial charge in [-0.3, -0.25) is 14.5 Å². The summed E-state index contributed by atoms with van der Waals surface area (Å²) in [5.74, 6) is 0.264. The number of furan rings is 1. The number of fused-ring (bicyclic) bond motifs is 1. The Hall–Kier alpha value is -3.12. The highest BCUT2D eigenvalue weighted by atomic mass is 16.3. The van der Waals surface area contributed by atoms with E-state index in [4.69, 9.17) is 4.42 Å². The van der Waals surface area contributed by atoms with Crippen LogP contribution in [0.3, 0.4) is 0 Å². The third kappa shape index (κ3) is 4.32. The summed E-state index contributed by atoms with van der Waals surface area (Å²) < 4.78 is 5.19. The molecule has 0 radical (unpaired) electrons. The van der Waals surface area contributed by atoms with Crippen LogP contribution in [0.2, 0.25) is 0 Å². The molecule has 3 aromatic rings. The van der Waals surface area contributed by atoms with Crippen molar-refractivity contribution >= 4 is 22.6 Å². The summed E-state index contributed by atoms with van der Waals surface area (Å²) in [5.41, 5.74) is 1.12. The average Bonchev–Trinajstić information content (AvgIpc) is 3.28. The minimum Gasteiger partial charge on any atom is -0.459 e. The lowest BCUT2D eigenvalue weighted by Gasteiger charge is -2.34. The average molecular weight is 391 g/mol. The summed E-state index contributed by atoms with van der Waals surface area (Å²) >= 11 is 0. The number of hydrogen-bond donors (Lipinski definition) is 1.